The van der Waals surface area contributed by atoms with Crippen LogP contribution in [0.1, 0.15) is 30.1 Å². The van der Waals surface area contributed by atoms with Crippen LogP contribution in [0.25, 0.3) is 0 Å². The number of nitrogens with one attached hydrogen (secondary N) is 1. The first kappa shape index (κ1) is 23.1. The van der Waals surface area contributed by atoms with Gasteiger partial charge < -0.3 is 16.0 Å². The number of likely N-dealkylation sites (tertiary alicyclic amines) is 1. The third kappa shape index (κ3) is 5.54. The van der Waals surface area contributed by atoms with Crippen LogP contribution in [-0.2, 0) is 0 Å². The number of anilines is 2. The zero-order chi connectivity index (χ0) is 17.8. The number of hydrogen-bond acceptors (Lipinski definition) is 4. The molecule has 0 saturated carbocycles. The minimum Gasteiger partial charge on any atom is -0.339 e. The van der Waals surface area contributed by atoms with Crippen molar-refractivity contribution in [2.75, 3.05) is 18.4 Å². The van der Waals surface area contributed by atoms with Crippen molar-refractivity contribution in [3.05, 3.63) is 54.0 Å². The van der Waals surface area contributed by atoms with Crippen molar-refractivity contribution < 1.29 is 9.18 Å². The fraction of sp³-hybridized carbons (Fsp3) is 0.368. The average Bonchev–Trinajstić information content (AvgIpc) is 2.63. The first-order valence-electron chi connectivity index (χ1n) is 8.57. The average molecular weight is 415 g/mol. The number of aromatic nitrogens is 1. The van der Waals surface area contributed by atoms with Gasteiger partial charge in [-0.1, -0.05) is 12.1 Å². The normalized spacial score (nSPS) is 15.3. The number of carbonyl (C=O) groups excluding carboxylic acids is 1. The quantitative estimate of drug-likeness (QED) is 0.792. The van der Waals surface area contributed by atoms with Crippen LogP contribution in [0.15, 0.2) is 42.6 Å². The summed E-state index contributed by atoms with van der Waals surface area (Å²) in [6, 6.07) is 9.92. The molecule has 1 amide bonds. The minimum atomic E-state index is -0.385. The third-order valence-electron chi connectivity index (χ3n) is 4.74. The number of piperidine rings is 1. The van der Waals surface area contributed by atoms with Gasteiger partial charge >= 0.3 is 0 Å². The Bertz CT molecular complexity index is 752. The fourth-order valence-electron chi connectivity index (χ4n) is 3.17. The second-order valence-electron chi connectivity index (χ2n) is 6.49. The molecule has 2 aromatic rings. The van der Waals surface area contributed by atoms with Crippen LogP contribution in [0.2, 0.25) is 0 Å². The van der Waals surface area contributed by atoms with Crippen molar-refractivity contribution in [2.24, 2.45) is 11.7 Å². The van der Waals surface area contributed by atoms with Crippen LogP contribution in [-0.4, -0.2) is 34.9 Å². The lowest BCUT2D eigenvalue weighted by atomic mass is 9.90. The van der Waals surface area contributed by atoms with Gasteiger partial charge in [0.2, 0.25) is 0 Å². The summed E-state index contributed by atoms with van der Waals surface area (Å²) in [5, 5.41) is 2.93. The number of nitrogens with two attached hydrogens (primary N) is 1. The molecule has 8 heteroatoms. The Morgan fingerprint density at radius 2 is 1.89 bits per heavy atom. The molecule has 1 aliphatic heterocycles. The van der Waals surface area contributed by atoms with Gasteiger partial charge in [0, 0.05) is 25.3 Å². The van der Waals surface area contributed by atoms with Crippen molar-refractivity contribution >= 4 is 42.2 Å². The molecule has 0 radical (unpaired) electrons. The molecule has 1 aromatic heterocycles. The molecule has 3 rings (SSSR count). The lowest BCUT2D eigenvalue weighted by molar-refractivity contribution is 0.0681. The fourth-order valence-corrected chi connectivity index (χ4v) is 3.17. The van der Waals surface area contributed by atoms with Crippen molar-refractivity contribution in [2.45, 2.75) is 25.8 Å². The molecule has 1 saturated heterocycles. The van der Waals surface area contributed by atoms with Crippen molar-refractivity contribution in [1.82, 2.24) is 9.88 Å². The Morgan fingerprint density at radius 1 is 1.22 bits per heavy atom. The van der Waals surface area contributed by atoms with Crippen LogP contribution >= 0.6 is 24.8 Å². The lowest BCUT2D eigenvalue weighted by Gasteiger charge is -2.34. The molecule has 1 unspecified atom stereocenters. The second-order valence-corrected chi connectivity index (χ2v) is 6.49. The number of nitrogens with zero attached hydrogens (tertiary/aromatic N) is 2. The highest BCUT2D eigenvalue weighted by Gasteiger charge is 2.27. The van der Waals surface area contributed by atoms with E-state index in [4.69, 9.17) is 5.73 Å². The number of pyridine rings is 1. The number of rotatable bonds is 4. The van der Waals surface area contributed by atoms with E-state index in [0.29, 0.717) is 36.1 Å². The van der Waals surface area contributed by atoms with E-state index >= 15 is 0 Å². The summed E-state index contributed by atoms with van der Waals surface area (Å²) in [5.41, 5.74) is 6.71. The predicted molar refractivity (Wildman–Crippen MR) is 111 cm³/mol. The van der Waals surface area contributed by atoms with E-state index in [1.807, 2.05) is 11.8 Å². The maximum absolute atomic E-state index is 13.9. The Kier molecular flexibility index (Phi) is 8.96. The number of amides is 1. The number of para-hydroxylation sites is 1. The van der Waals surface area contributed by atoms with E-state index in [-0.39, 0.29) is 42.6 Å². The highest BCUT2D eigenvalue weighted by atomic mass is 35.5. The lowest BCUT2D eigenvalue weighted by Crippen LogP contribution is -2.42. The molecule has 1 aliphatic rings. The van der Waals surface area contributed by atoms with Gasteiger partial charge in [0.25, 0.3) is 5.91 Å². The van der Waals surface area contributed by atoms with Gasteiger partial charge in [0.05, 0.1) is 11.3 Å². The van der Waals surface area contributed by atoms with Crippen LogP contribution in [0.5, 0.6) is 0 Å². The molecular weight excluding hydrogens is 390 g/mol. The molecule has 148 valence electrons. The number of halogens is 3. The zero-order valence-electron chi connectivity index (χ0n) is 15.1. The second kappa shape index (κ2) is 10.4. The van der Waals surface area contributed by atoms with E-state index in [0.717, 1.165) is 12.8 Å². The molecule has 27 heavy (non-hydrogen) atoms. The molecule has 0 bridgehead atoms. The maximum atomic E-state index is 13.9. The van der Waals surface area contributed by atoms with Gasteiger partial charge in [-0.2, -0.15) is 0 Å². The number of hydrogen-bond donors (Lipinski definition) is 2. The van der Waals surface area contributed by atoms with E-state index < -0.39 is 0 Å². The van der Waals surface area contributed by atoms with Gasteiger partial charge in [-0.3, -0.25) is 4.79 Å². The Balaban J connectivity index is 0.00000182. The monoisotopic (exact) mass is 414 g/mol. The molecule has 3 N–H and O–H groups in total. The van der Waals surface area contributed by atoms with E-state index in [1.54, 1.807) is 36.5 Å². The summed E-state index contributed by atoms with van der Waals surface area (Å²) in [5.74, 6) is 0.347. The standard InChI is InChI=1S/C19H23FN4O.2ClH/c1-13(21)14-8-11-24(12-9-14)19(25)15-5-4-10-22-18(15)23-17-7-3-2-6-16(17)20;;/h2-7,10,13-14H,8-9,11-12,21H2,1H3,(H,22,23);2*1H. The smallest absolute Gasteiger partial charge is 0.257 e. The van der Waals surface area contributed by atoms with Crippen LogP contribution in [0.4, 0.5) is 15.9 Å². The molecule has 0 aliphatic carbocycles. The third-order valence-corrected chi connectivity index (χ3v) is 4.74. The van der Waals surface area contributed by atoms with Crippen LogP contribution in [0, 0.1) is 11.7 Å². The predicted octanol–water partition coefficient (Wildman–Crippen LogP) is 4.01. The summed E-state index contributed by atoms with van der Waals surface area (Å²) in [6.07, 6.45) is 3.39. The van der Waals surface area contributed by atoms with Gasteiger partial charge in [-0.05, 0) is 49.9 Å². The van der Waals surface area contributed by atoms with Crippen molar-refractivity contribution in [1.29, 1.82) is 0 Å². The summed E-state index contributed by atoms with van der Waals surface area (Å²) < 4.78 is 13.9. The summed E-state index contributed by atoms with van der Waals surface area (Å²) in [7, 11) is 0. The van der Waals surface area contributed by atoms with E-state index in [1.165, 1.54) is 6.07 Å². The maximum Gasteiger partial charge on any atom is 0.257 e. The summed E-state index contributed by atoms with van der Waals surface area (Å²) in [6.45, 7) is 3.37. The molecule has 1 fully saturated rings. The summed E-state index contributed by atoms with van der Waals surface area (Å²) in [4.78, 5) is 18.9. The Morgan fingerprint density at radius 3 is 2.52 bits per heavy atom. The largest absolute Gasteiger partial charge is 0.339 e. The van der Waals surface area contributed by atoms with Gasteiger partial charge in [0.1, 0.15) is 11.6 Å². The Labute approximate surface area is 171 Å². The number of benzene rings is 1. The van der Waals surface area contributed by atoms with Crippen molar-refractivity contribution in [3.63, 3.8) is 0 Å². The van der Waals surface area contributed by atoms with Crippen molar-refractivity contribution in [3.8, 4) is 0 Å². The Hall–Kier alpha value is -1.89. The van der Waals surface area contributed by atoms with E-state index in [2.05, 4.69) is 10.3 Å². The zero-order valence-corrected chi connectivity index (χ0v) is 16.7. The SMILES string of the molecule is CC(N)C1CCN(C(=O)c2cccnc2Nc2ccccc2F)CC1.Cl.Cl. The molecule has 1 aromatic carbocycles. The summed E-state index contributed by atoms with van der Waals surface area (Å²) >= 11 is 0. The minimum absolute atomic E-state index is 0. The molecule has 5 nitrogen and oxygen atoms in total. The topological polar surface area (TPSA) is 71.2 Å². The molecule has 2 heterocycles. The van der Waals surface area contributed by atoms with Gasteiger partial charge in [0.15, 0.2) is 0 Å². The highest BCUT2D eigenvalue weighted by Crippen LogP contribution is 2.25. The molecular formula is C19H25Cl2FN4O. The first-order chi connectivity index (χ1) is 12.1. The molecule has 0 spiro atoms. The highest BCUT2D eigenvalue weighted by molar-refractivity contribution is 5.99. The number of carbonyl (C=O) groups is 1. The van der Waals surface area contributed by atoms with Crippen LogP contribution in [0.3, 0.4) is 0 Å². The van der Waals surface area contributed by atoms with Gasteiger partial charge in [-0.15, -0.1) is 24.8 Å². The molecule has 1 atom stereocenters. The van der Waals surface area contributed by atoms with Gasteiger partial charge in [-0.25, -0.2) is 9.37 Å². The van der Waals surface area contributed by atoms with E-state index in [9.17, 15) is 9.18 Å². The van der Waals surface area contributed by atoms with Crippen LogP contribution < -0.4 is 11.1 Å². The first-order valence-corrected chi connectivity index (χ1v) is 8.57.